The van der Waals surface area contributed by atoms with Crippen molar-refractivity contribution in [1.82, 2.24) is 10.2 Å². The maximum absolute atomic E-state index is 12.2. The van der Waals surface area contributed by atoms with Crippen LogP contribution < -0.4 is 10.1 Å². The molecule has 0 fully saturated rings. The summed E-state index contributed by atoms with van der Waals surface area (Å²) in [7, 11) is 1.62. The molecule has 0 spiro atoms. The number of hydrogen-bond acceptors (Lipinski definition) is 5. The van der Waals surface area contributed by atoms with Gasteiger partial charge in [0.2, 0.25) is 5.89 Å². The summed E-state index contributed by atoms with van der Waals surface area (Å²) in [5.41, 5.74) is 1.57. The molecule has 7 heteroatoms. The number of methoxy groups -OCH3 is 1. The minimum Gasteiger partial charge on any atom is -0.497 e. The Labute approximate surface area is 152 Å². The molecule has 3 aromatic rings. The number of amides is 1. The van der Waals surface area contributed by atoms with Gasteiger partial charge < -0.3 is 9.15 Å². The first kappa shape index (κ1) is 16.4. The second kappa shape index (κ2) is 7.43. The van der Waals surface area contributed by atoms with Gasteiger partial charge in [-0.1, -0.05) is 29.4 Å². The first-order valence-electron chi connectivity index (χ1n) is 7.17. The van der Waals surface area contributed by atoms with E-state index in [1.54, 1.807) is 19.2 Å². The SMILES string of the molecule is COc1ccc(Cc2nnc(NC(=O)c3ccccc3I)o2)cc1. The van der Waals surface area contributed by atoms with Crippen LogP contribution in [0, 0.1) is 3.57 Å². The Morgan fingerprint density at radius 3 is 2.62 bits per heavy atom. The van der Waals surface area contributed by atoms with Gasteiger partial charge in [-0.05, 0) is 52.4 Å². The molecule has 122 valence electrons. The Balaban J connectivity index is 1.67. The summed E-state index contributed by atoms with van der Waals surface area (Å²) in [5.74, 6) is 0.938. The fourth-order valence-electron chi connectivity index (χ4n) is 2.10. The van der Waals surface area contributed by atoms with Crippen LogP contribution in [-0.2, 0) is 6.42 Å². The number of halogens is 1. The van der Waals surface area contributed by atoms with Crippen LogP contribution in [0.4, 0.5) is 6.01 Å². The molecule has 1 heterocycles. The van der Waals surface area contributed by atoms with Gasteiger partial charge in [-0.15, -0.1) is 5.10 Å². The van der Waals surface area contributed by atoms with E-state index in [4.69, 9.17) is 9.15 Å². The van der Waals surface area contributed by atoms with Crippen LogP contribution in [0.1, 0.15) is 21.8 Å². The molecular weight excluding hydrogens is 421 g/mol. The fourth-order valence-corrected chi connectivity index (χ4v) is 2.74. The Kier molecular flexibility index (Phi) is 5.09. The van der Waals surface area contributed by atoms with Gasteiger partial charge in [0.05, 0.1) is 19.1 Å². The van der Waals surface area contributed by atoms with Gasteiger partial charge in [-0.2, -0.15) is 0 Å². The van der Waals surface area contributed by atoms with Gasteiger partial charge in [-0.25, -0.2) is 0 Å². The minimum absolute atomic E-state index is 0.0863. The molecule has 0 bridgehead atoms. The Bertz CT molecular complexity index is 846. The smallest absolute Gasteiger partial charge is 0.322 e. The predicted octanol–water partition coefficient (Wildman–Crippen LogP) is 3.53. The average Bonchev–Trinajstić information content (AvgIpc) is 3.02. The maximum Gasteiger partial charge on any atom is 0.322 e. The van der Waals surface area contributed by atoms with Gasteiger partial charge in [0, 0.05) is 3.57 Å². The first-order chi connectivity index (χ1) is 11.7. The number of aromatic nitrogens is 2. The highest BCUT2D eigenvalue weighted by Crippen LogP contribution is 2.17. The van der Waals surface area contributed by atoms with Gasteiger partial charge in [0.1, 0.15) is 5.75 Å². The normalized spacial score (nSPS) is 10.4. The number of rotatable bonds is 5. The van der Waals surface area contributed by atoms with E-state index in [0.717, 1.165) is 14.9 Å². The highest BCUT2D eigenvalue weighted by Gasteiger charge is 2.14. The van der Waals surface area contributed by atoms with E-state index in [1.807, 2.05) is 36.4 Å². The van der Waals surface area contributed by atoms with E-state index in [-0.39, 0.29) is 11.9 Å². The quantitative estimate of drug-likeness (QED) is 0.621. The zero-order valence-electron chi connectivity index (χ0n) is 12.8. The van der Waals surface area contributed by atoms with Crippen molar-refractivity contribution in [1.29, 1.82) is 0 Å². The molecule has 1 aromatic heterocycles. The third kappa shape index (κ3) is 3.91. The fraction of sp³-hybridized carbons (Fsp3) is 0.118. The predicted molar refractivity (Wildman–Crippen MR) is 97.2 cm³/mol. The van der Waals surface area contributed by atoms with Crippen molar-refractivity contribution < 1.29 is 13.9 Å². The lowest BCUT2D eigenvalue weighted by Crippen LogP contribution is -2.13. The summed E-state index contributed by atoms with van der Waals surface area (Å²) in [6.07, 6.45) is 0.482. The van der Waals surface area contributed by atoms with E-state index in [2.05, 4.69) is 38.1 Å². The summed E-state index contributed by atoms with van der Waals surface area (Å²) in [6, 6.07) is 14.9. The number of hydrogen-bond donors (Lipinski definition) is 1. The standard InChI is InChI=1S/C17H14IN3O3/c1-23-12-8-6-11(7-9-12)10-15-20-21-17(24-15)19-16(22)13-4-2-3-5-14(13)18/h2-9H,10H2,1H3,(H,19,21,22). The van der Waals surface area contributed by atoms with Crippen molar-refractivity contribution in [3.05, 3.63) is 69.1 Å². The zero-order valence-corrected chi connectivity index (χ0v) is 15.0. The third-order valence-electron chi connectivity index (χ3n) is 3.32. The molecule has 1 N–H and O–H groups in total. The lowest BCUT2D eigenvalue weighted by atomic mass is 10.1. The molecule has 0 unspecified atom stereocenters. The van der Waals surface area contributed by atoms with E-state index in [1.165, 1.54) is 0 Å². The monoisotopic (exact) mass is 435 g/mol. The number of carbonyl (C=O) groups excluding carboxylic acids is 1. The highest BCUT2D eigenvalue weighted by molar-refractivity contribution is 14.1. The maximum atomic E-state index is 12.2. The molecule has 1 amide bonds. The lowest BCUT2D eigenvalue weighted by Gasteiger charge is -2.02. The van der Waals surface area contributed by atoms with Gasteiger partial charge >= 0.3 is 6.01 Å². The second-order valence-electron chi connectivity index (χ2n) is 4.96. The second-order valence-corrected chi connectivity index (χ2v) is 6.12. The number of nitrogens with zero attached hydrogens (tertiary/aromatic N) is 2. The van der Waals surface area contributed by atoms with Crippen LogP contribution in [0.2, 0.25) is 0 Å². The topological polar surface area (TPSA) is 77.3 Å². The molecular formula is C17H14IN3O3. The summed E-state index contributed by atoms with van der Waals surface area (Å²) >= 11 is 2.11. The Morgan fingerprint density at radius 2 is 1.92 bits per heavy atom. The molecule has 2 aromatic carbocycles. The molecule has 0 saturated heterocycles. The molecule has 0 saturated carbocycles. The van der Waals surface area contributed by atoms with Gasteiger partial charge in [0.25, 0.3) is 5.91 Å². The van der Waals surface area contributed by atoms with Crippen molar-refractivity contribution in [3.8, 4) is 5.75 Å². The van der Waals surface area contributed by atoms with Crippen molar-refractivity contribution in [3.63, 3.8) is 0 Å². The highest BCUT2D eigenvalue weighted by atomic mass is 127. The lowest BCUT2D eigenvalue weighted by molar-refractivity contribution is 0.102. The van der Waals surface area contributed by atoms with Crippen LogP contribution in [0.5, 0.6) is 5.75 Å². The summed E-state index contributed by atoms with van der Waals surface area (Å²) in [4.78, 5) is 12.2. The van der Waals surface area contributed by atoms with E-state index >= 15 is 0 Å². The minimum atomic E-state index is -0.278. The molecule has 24 heavy (non-hydrogen) atoms. The molecule has 0 aliphatic carbocycles. The molecule has 0 aliphatic heterocycles. The Hall–Kier alpha value is -2.42. The van der Waals surface area contributed by atoms with Crippen LogP contribution in [0.25, 0.3) is 0 Å². The molecule has 0 aliphatic rings. The molecule has 3 rings (SSSR count). The van der Waals surface area contributed by atoms with Gasteiger partial charge in [-0.3, -0.25) is 10.1 Å². The van der Waals surface area contributed by atoms with Crippen LogP contribution >= 0.6 is 22.6 Å². The average molecular weight is 435 g/mol. The van der Waals surface area contributed by atoms with Crippen LogP contribution in [-0.4, -0.2) is 23.2 Å². The number of nitrogens with one attached hydrogen (secondary N) is 1. The molecule has 6 nitrogen and oxygen atoms in total. The third-order valence-corrected chi connectivity index (χ3v) is 4.26. The van der Waals surface area contributed by atoms with Crippen molar-refractivity contribution in [2.45, 2.75) is 6.42 Å². The number of ether oxygens (including phenoxy) is 1. The zero-order chi connectivity index (χ0) is 16.9. The van der Waals surface area contributed by atoms with Crippen LogP contribution in [0.15, 0.2) is 52.9 Å². The first-order valence-corrected chi connectivity index (χ1v) is 8.25. The van der Waals surface area contributed by atoms with Crippen molar-refractivity contribution in [2.24, 2.45) is 0 Å². The summed E-state index contributed by atoms with van der Waals surface area (Å²) in [5, 5.41) is 10.4. The number of anilines is 1. The van der Waals surface area contributed by atoms with E-state index in [0.29, 0.717) is 17.9 Å². The van der Waals surface area contributed by atoms with Crippen molar-refractivity contribution >= 4 is 34.5 Å². The van der Waals surface area contributed by atoms with E-state index in [9.17, 15) is 4.79 Å². The largest absolute Gasteiger partial charge is 0.497 e. The molecule has 0 atom stereocenters. The van der Waals surface area contributed by atoms with E-state index < -0.39 is 0 Å². The van der Waals surface area contributed by atoms with Gasteiger partial charge in [0.15, 0.2) is 0 Å². The van der Waals surface area contributed by atoms with Crippen molar-refractivity contribution in [2.75, 3.05) is 12.4 Å². The molecule has 0 radical (unpaired) electrons. The Morgan fingerprint density at radius 1 is 1.17 bits per heavy atom. The summed E-state index contributed by atoms with van der Waals surface area (Å²) in [6.45, 7) is 0. The van der Waals surface area contributed by atoms with Crippen LogP contribution in [0.3, 0.4) is 0 Å². The summed E-state index contributed by atoms with van der Waals surface area (Å²) < 4.78 is 11.5. The number of carbonyl (C=O) groups is 1. The number of benzene rings is 2.